The first-order valence-corrected chi connectivity index (χ1v) is 6.72. The van der Waals surface area contributed by atoms with Gasteiger partial charge in [0.1, 0.15) is 6.04 Å². The molecule has 1 aliphatic rings. The SMILES string of the molecule is CCCCc1ccc2c(c1)[C@@H](NC(C)=O)C(=O)N2C. The Bertz CT molecular complexity index is 511. The number of nitrogens with zero attached hydrogens (tertiary/aromatic N) is 1. The summed E-state index contributed by atoms with van der Waals surface area (Å²) in [6.07, 6.45) is 3.28. The first kappa shape index (κ1) is 13.6. The average molecular weight is 260 g/mol. The maximum Gasteiger partial charge on any atom is 0.254 e. The van der Waals surface area contributed by atoms with Gasteiger partial charge in [-0.1, -0.05) is 25.5 Å². The molecule has 0 aliphatic carbocycles. The fourth-order valence-electron chi connectivity index (χ4n) is 2.47. The van der Waals surface area contributed by atoms with E-state index in [1.165, 1.54) is 12.5 Å². The molecule has 1 aliphatic heterocycles. The van der Waals surface area contributed by atoms with E-state index < -0.39 is 6.04 Å². The number of nitrogens with one attached hydrogen (secondary N) is 1. The third-order valence-corrected chi connectivity index (χ3v) is 3.51. The zero-order chi connectivity index (χ0) is 14.0. The van der Waals surface area contributed by atoms with Crippen molar-refractivity contribution in [2.45, 2.75) is 39.2 Å². The van der Waals surface area contributed by atoms with Crippen LogP contribution in [-0.4, -0.2) is 18.9 Å². The Kier molecular flexibility index (Phi) is 3.88. The normalized spacial score (nSPS) is 17.5. The highest BCUT2D eigenvalue weighted by atomic mass is 16.2. The predicted molar refractivity (Wildman–Crippen MR) is 75.0 cm³/mol. The van der Waals surface area contributed by atoms with Gasteiger partial charge in [-0.3, -0.25) is 9.59 Å². The van der Waals surface area contributed by atoms with Crippen LogP contribution in [0.25, 0.3) is 0 Å². The number of fused-ring (bicyclic) bond motifs is 1. The highest BCUT2D eigenvalue weighted by Crippen LogP contribution is 2.35. The number of anilines is 1. The summed E-state index contributed by atoms with van der Waals surface area (Å²) in [7, 11) is 1.74. The first-order chi connectivity index (χ1) is 9.04. The van der Waals surface area contributed by atoms with E-state index in [0.29, 0.717) is 0 Å². The van der Waals surface area contributed by atoms with Crippen LogP contribution in [-0.2, 0) is 16.0 Å². The fraction of sp³-hybridized carbons (Fsp3) is 0.467. The zero-order valence-electron chi connectivity index (χ0n) is 11.7. The molecule has 19 heavy (non-hydrogen) atoms. The lowest BCUT2D eigenvalue weighted by Crippen LogP contribution is -2.34. The van der Waals surface area contributed by atoms with Gasteiger partial charge in [0, 0.05) is 25.2 Å². The minimum atomic E-state index is -0.529. The molecule has 0 radical (unpaired) electrons. The van der Waals surface area contributed by atoms with Gasteiger partial charge < -0.3 is 10.2 Å². The highest BCUT2D eigenvalue weighted by molar-refractivity contribution is 6.05. The van der Waals surface area contributed by atoms with Crippen LogP contribution >= 0.6 is 0 Å². The molecule has 1 atom stereocenters. The van der Waals surface area contributed by atoms with Gasteiger partial charge in [-0.05, 0) is 24.5 Å². The number of benzene rings is 1. The van der Waals surface area contributed by atoms with Gasteiger partial charge in [-0.15, -0.1) is 0 Å². The number of likely N-dealkylation sites (N-methyl/N-ethyl adjacent to an activating group) is 1. The quantitative estimate of drug-likeness (QED) is 0.902. The number of rotatable bonds is 4. The van der Waals surface area contributed by atoms with Crippen molar-refractivity contribution in [2.75, 3.05) is 11.9 Å². The molecule has 0 aromatic heterocycles. The van der Waals surface area contributed by atoms with Crippen LogP contribution in [0.3, 0.4) is 0 Å². The van der Waals surface area contributed by atoms with Crippen LogP contribution in [0.1, 0.15) is 43.9 Å². The van der Waals surface area contributed by atoms with Crippen LogP contribution in [0, 0.1) is 0 Å². The molecule has 4 nitrogen and oxygen atoms in total. The molecule has 1 N–H and O–H groups in total. The summed E-state index contributed by atoms with van der Waals surface area (Å²) in [5.74, 6) is -0.253. The molecule has 2 amide bonds. The van der Waals surface area contributed by atoms with E-state index in [9.17, 15) is 9.59 Å². The summed E-state index contributed by atoms with van der Waals surface area (Å²) in [5.41, 5.74) is 3.03. The van der Waals surface area contributed by atoms with Gasteiger partial charge in [0.25, 0.3) is 5.91 Å². The van der Waals surface area contributed by atoms with Gasteiger partial charge in [0.15, 0.2) is 0 Å². The molecule has 0 spiro atoms. The van der Waals surface area contributed by atoms with Gasteiger partial charge in [0.05, 0.1) is 0 Å². The first-order valence-electron chi connectivity index (χ1n) is 6.72. The average Bonchev–Trinajstić information content (AvgIpc) is 2.61. The summed E-state index contributed by atoms with van der Waals surface area (Å²) < 4.78 is 0. The van der Waals surface area contributed by atoms with E-state index in [1.54, 1.807) is 11.9 Å². The number of carbonyl (C=O) groups excluding carboxylic acids is 2. The van der Waals surface area contributed by atoms with Crippen molar-refractivity contribution in [2.24, 2.45) is 0 Å². The van der Waals surface area contributed by atoms with Crippen molar-refractivity contribution in [1.29, 1.82) is 0 Å². The van der Waals surface area contributed by atoms with E-state index in [2.05, 4.69) is 18.3 Å². The number of hydrogen-bond donors (Lipinski definition) is 1. The van der Waals surface area contributed by atoms with Crippen LogP contribution in [0.4, 0.5) is 5.69 Å². The summed E-state index contributed by atoms with van der Waals surface area (Å²) in [4.78, 5) is 25.0. The minimum Gasteiger partial charge on any atom is -0.341 e. The second-order valence-electron chi connectivity index (χ2n) is 5.03. The number of amides is 2. The Hall–Kier alpha value is -1.84. The van der Waals surface area contributed by atoms with E-state index >= 15 is 0 Å². The predicted octanol–water partition coefficient (Wildman–Crippen LogP) is 2.18. The maximum atomic E-state index is 12.1. The Morgan fingerprint density at radius 1 is 1.42 bits per heavy atom. The molecule has 2 rings (SSSR count). The lowest BCUT2D eigenvalue weighted by atomic mass is 10.0. The smallest absolute Gasteiger partial charge is 0.254 e. The molecule has 0 unspecified atom stereocenters. The summed E-state index contributed by atoms with van der Waals surface area (Å²) in [6, 6.07) is 5.56. The standard InChI is InChI=1S/C15H20N2O2/c1-4-5-6-11-7-8-13-12(9-11)14(16-10(2)18)15(19)17(13)3/h7-9,14H,4-6H2,1-3H3,(H,16,18)/t14-/m1/s1. The maximum absolute atomic E-state index is 12.1. The van der Waals surface area contributed by atoms with Gasteiger partial charge in [-0.2, -0.15) is 0 Å². The molecule has 0 saturated heterocycles. The largest absolute Gasteiger partial charge is 0.341 e. The Morgan fingerprint density at radius 2 is 2.16 bits per heavy atom. The zero-order valence-corrected chi connectivity index (χ0v) is 11.7. The third-order valence-electron chi connectivity index (χ3n) is 3.51. The Morgan fingerprint density at radius 3 is 2.79 bits per heavy atom. The van der Waals surface area contributed by atoms with Crippen molar-refractivity contribution < 1.29 is 9.59 Å². The summed E-state index contributed by atoms with van der Waals surface area (Å²) in [5, 5.41) is 2.73. The lowest BCUT2D eigenvalue weighted by molar-refractivity contribution is -0.125. The van der Waals surface area contributed by atoms with Crippen LogP contribution in [0.2, 0.25) is 0 Å². The molecule has 1 aromatic carbocycles. The molecule has 1 heterocycles. The van der Waals surface area contributed by atoms with Crippen molar-refractivity contribution in [1.82, 2.24) is 5.32 Å². The van der Waals surface area contributed by atoms with Crippen LogP contribution in [0.15, 0.2) is 18.2 Å². The van der Waals surface area contributed by atoms with Crippen LogP contribution < -0.4 is 10.2 Å². The van der Waals surface area contributed by atoms with Crippen molar-refractivity contribution in [3.63, 3.8) is 0 Å². The topological polar surface area (TPSA) is 49.4 Å². The van der Waals surface area contributed by atoms with E-state index in [4.69, 9.17) is 0 Å². The van der Waals surface area contributed by atoms with E-state index in [0.717, 1.165) is 30.5 Å². The van der Waals surface area contributed by atoms with Gasteiger partial charge in [-0.25, -0.2) is 0 Å². The Balaban J connectivity index is 2.32. The molecule has 102 valence electrons. The second-order valence-corrected chi connectivity index (χ2v) is 5.03. The van der Waals surface area contributed by atoms with Crippen molar-refractivity contribution in [3.8, 4) is 0 Å². The number of aryl methyl sites for hydroxylation is 1. The van der Waals surface area contributed by atoms with Gasteiger partial charge in [0.2, 0.25) is 5.91 Å². The number of unbranched alkanes of at least 4 members (excludes halogenated alkanes) is 1. The minimum absolute atomic E-state index is 0.0714. The molecular formula is C15H20N2O2. The number of hydrogen-bond acceptors (Lipinski definition) is 2. The fourth-order valence-corrected chi connectivity index (χ4v) is 2.47. The van der Waals surface area contributed by atoms with Gasteiger partial charge >= 0.3 is 0 Å². The molecular weight excluding hydrogens is 240 g/mol. The molecule has 4 heteroatoms. The monoisotopic (exact) mass is 260 g/mol. The van der Waals surface area contributed by atoms with E-state index in [1.807, 2.05) is 12.1 Å². The molecule has 0 fully saturated rings. The van der Waals surface area contributed by atoms with Crippen molar-refractivity contribution >= 4 is 17.5 Å². The molecule has 1 aromatic rings. The molecule has 0 bridgehead atoms. The molecule has 0 saturated carbocycles. The van der Waals surface area contributed by atoms with E-state index in [-0.39, 0.29) is 11.8 Å². The second kappa shape index (κ2) is 5.43. The Labute approximate surface area is 113 Å². The summed E-state index contributed by atoms with van der Waals surface area (Å²) >= 11 is 0. The third kappa shape index (κ3) is 2.62. The number of carbonyl (C=O) groups is 2. The highest BCUT2D eigenvalue weighted by Gasteiger charge is 2.35. The lowest BCUT2D eigenvalue weighted by Gasteiger charge is -2.11. The van der Waals surface area contributed by atoms with Crippen molar-refractivity contribution in [3.05, 3.63) is 29.3 Å². The summed E-state index contributed by atoms with van der Waals surface area (Å²) in [6.45, 7) is 3.59. The van der Waals surface area contributed by atoms with Crippen LogP contribution in [0.5, 0.6) is 0 Å².